The van der Waals surface area contributed by atoms with Crippen molar-refractivity contribution in [3.63, 3.8) is 0 Å². The number of rotatable bonds is 3. The van der Waals surface area contributed by atoms with Crippen LogP contribution in [-0.2, 0) is 11.2 Å². The minimum absolute atomic E-state index is 0.409. The van der Waals surface area contributed by atoms with Gasteiger partial charge in [-0.05, 0) is 42.4 Å². The summed E-state index contributed by atoms with van der Waals surface area (Å²) in [6.45, 7) is 3.57. The van der Waals surface area contributed by atoms with E-state index in [1.807, 2.05) is 0 Å². The van der Waals surface area contributed by atoms with Crippen molar-refractivity contribution in [3.8, 4) is 5.75 Å². The molecule has 0 bridgehead atoms. The molecule has 1 rings (SSSR count). The van der Waals surface area contributed by atoms with Gasteiger partial charge in [-0.25, -0.2) is 0 Å². The lowest BCUT2D eigenvalue weighted by Crippen LogP contribution is -2.03. The van der Waals surface area contributed by atoms with Gasteiger partial charge >= 0.3 is 0 Å². The fraction of sp³-hybridized carbons (Fsp3) is 0.222. The maximum Gasteiger partial charge on any atom is 0.152 e. The highest BCUT2D eigenvalue weighted by Crippen LogP contribution is 2.16. The van der Waals surface area contributed by atoms with Gasteiger partial charge in [0.15, 0.2) is 4.90 Å². The van der Waals surface area contributed by atoms with E-state index < -0.39 is 11.2 Å². The molecule has 0 N–H and O–H groups in total. The Morgan fingerprint density at radius 1 is 1.42 bits per heavy atom. The van der Waals surface area contributed by atoms with Gasteiger partial charge in [-0.15, -0.1) is 0 Å². The van der Waals surface area contributed by atoms with E-state index in [0.29, 0.717) is 5.75 Å². The molecule has 0 saturated carbocycles. The van der Waals surface area contributed by atoms with Crippen LogP contribution < -0.4 is 4.74 Å². The van der Waals surface area contributed by atoms with Crippen molar-refractivity contribution in [2.45, 2.75) is 4.90 Å². The average Bonchev–Trinajstić information content (AvgIpc) is 2.17. The van der Waals surface area contributed by atoms with E-state index in [2.05, 4.69) is 6.92 Å². The monoisotopic (exact) mass is 183 g/mol. The summed E-state index contributed by atoms with van der Waals surface area (Å²) >= 11 is -0.967. The van der Waals surface area contributed by atoms with E-state index in [1.54, 1.807) is 31.4 Å². The van der Waals surface area contributed by atoms with Gasteiger partial charge < -0.3 is 9.29 Å². The third kappa shape index (κ3) is 2.16. The smallest absolute Gasteiger partial charge is 0.152 e. The fourth-order valence-corrected chi connectivity index (χ4v) is 1.52. The molecule has 1 radical (unpaired) electrons. The van der Waals surface area contributed by atoms with Crippen LogP contribution >= 0.6 is 0 Å². The molecule has 1 aromatic carbocycles. The lowest BCUT2D eigenvalue weighted by molar-refractivity contribution is 0.414. The van der Waals surface area contributed by atoms with Crippen molar-refractivity contribution in [2.24, 2.45) is 0 Å². The quantitative estimate of drug-likeness (QED) is 0.667. The van der Waals surface area contributed by atoms with Crippen molar-refractivity contribution in [2.75, 3.05) is 12.9 Å². The first-order valence-corrected chi connectivity index (χ1v) is 4.91. The van der Waals surface area contributed by atoms with Crippen LogP contribution in [0.3, 0.4) is 0 Å². The normalized spacial score (nSPS) is 12.6. The predicted octanol–water partition coefficient (Wildman–Crippen LogP) is 1.64. The summed E-state index contributed by atoms with van der Waals surface area (Å²) in [6, 6.07) is 7.17. The molecule has 0 amide bonds. The second-order valence-electron chi connectivity index (χ2n) is 2.23. The van der Waals surface area contributed by atoms with E-state index in [4.69, 9.17) is 4.74 Å². The van der Waals surface area contributed by atoms with Crippen LogP contribution in [0.4, 0.5) is 0 Å². The van der Waals surface area contributed by atoms with Gasteiger partial charge in [0.1, 0.15) is 11.5 Å². The molecule has 12 heavy (non-hydrogen) atoms. The Morgan fingerprint density at radius 3 is 2.42 bits per heavy atom. The van der Waals surface area contributed by atoms with Crippen LogP contribution in [0.1, 0.15) is 0 Å². The lowest BCUT2D eigenvalue weighted by Gasteiger charge is -2.07. The van der Waals surface area contributed by atoms with Crippen LogP contribution in [0.2, 0.25) is 0 Å². The molecule has 0 aliphatic heterocycles. The third-order valence-electron chi connectivity index (χ3n) is 1.51. The Morgan fingerprint density at radius 2 is 2.00 bits per heavy atom. The topological polar surface area (TPSA) is 32.3 Å². The highest BCUT2D eigenvalue weighted by atomic mass is 32.2. The minimum atomic E-state index is -0.967. The molecule has 0 spiro atoms. The van der Waals surface area contributed by atoms with Crippen molar-refractivity contribution in [1.82, 2.24) is 0 Å². The summed E-state index contributed by atoms with van der Waals surface area (Å²) in [7, 11) is 1.60. The Labute approximate surface area is 75.7 Å². The SMILES string of the molecule is [CH2]C[S+]([O-])c1ccc(OC)cc1. The van der Waals surface area contributed by atoms with Crippen LogP contribution in [0.5, 0.6) is 5.75 Å². The largest absolute Gasteiger partial charge is 0.611 e. The van der Waals surface area contributed by atoms with Crippen LogP contribution in [0.25, 0.3) is 0 Å². The Kier molecular flexibility index (Phi) is 3.44. The van der Waals surface area contributed by atoms with Crippen LogP contribution in [0, 0.1) is 6.92 Å². The van der Waals surface area contributed by atoms with Gasteiger partial charge in [0, 0.05) is 0 Å². The molecule has 0 heterocycles. The first-order valence-electron chi connectivity index (χ1n) is 3.59. The van der Waals surface area contributed by atoms with Gasteiger partial charge in [0.25, 0.3) is 0 Å². The average molecular weight is 183 g/mol. The van der Waals surface area contributed by atoms with E-state index in [1.165, 1.54) is 0 Å². The highest BCUT2D eigenvalue weighted by Gasteiger charge is 2.06. The third-order valence-corrected chi connectivity index (χ3v) is 2.68. The van der Waals surface area contributed by atoms with E-state index in [-0.39, 0.29) is 0 Å². The molecule has 0 aliphatic carbocycles. The number of hydrogen-bond donors (Lipinski definition) is 0. The number of methoxy groups -OCH3 is 1. The maximum absolute atomic E-state index is 11.2. The molecule has 0 aliphatic rings. The van der Waals surface area contributed by atoms with E-state index >= 15 is 0 Å². The molecule has 1 unspecified atom stereocenters. The molecule has 0 fully saturated rings. The van der Waals surface area contributed by atoms with Gasteiger partial charge in [-0.3, -0.25) is 0 Å². The van der Waals surface area contributed by atoms with Gasteiger partial charge in [-0.1, -0.05) is 0 Å². The molecule has 1 aromatic rings. The molecule has 65 valence electrons. The molecular formula is C9H11O2S. The number of hydrogen-bond acceptors (Lipinski definition) is 2. The second-order valence-corrected chi connectivity index (χ2v) is 3.80. The molecule has 2 nitrogen and oxygen atoms in total. The zero-order valence-electron chi connectivity index (χ0n) is 6.95. The first kappa shape index (κ1) is 9.42. The number of ether oxygens (including phenoxy) is 1. The second kappa shape index (κ2) is 4.38. The van der Waals surface area contributed by atoms with E-state index in [0.717, 1.165) is 10.6 Å². The summed E-state index contributed by atoms with van der Waals surface area (Å²) in [5.41, 5.74) is 0. The highest BCUT2D eigenvalue weighted by molar-refractivity contribution is 7.91. The van der Waals surface area contributed by atoms with Gasteiger partial charge in [0.2, 0.25) is 0 Å². The Bertz CT molecular complexity index is 233. The lowest BCUT2D eigenvalue weighted by atomic mass is 10.3. The maximum atomic E-state index is 11.2. The standard InChI is InChI=1S/C9H11O2S/c1-3-12(10)9-6-4-8(11-2)5-7-9/h4-7H,1,3H2,2H3. The van der Waals surface area contributed by atoms with Crippen molar-refractivity contribution in [1.29, 1.82) is 0 Å². The van der Waals surface area contributed by atoms with Crippen molar-refractivity contribution >= 4 is 11.2 Å². The summed E-state index contributed by atoms with van der Waals surface area (Å²) < 4.78 is 16.2. The van der Waals surface area contributed by atoms with Gasteiger partial charge in [0.05, 0.1) is 7.11 Å². The number of benzene rings is 1. The summed E-state index contributed by atoms with van der Waals surface area (Å²) in [6.07, 6.45) is 0. The molecule has 0 aromatic heterocycles. The summed E-state index contributed by atoms with van der Waals surface area (Å²) in [4.78, 5) is 0.797. The van der Waals surface area contributed by atoms with Gasteiger partial charge in [-0.2, -0.15) is 0 Å². The van der Waals surface area contributed by atoms with Crippen molar-refractivity contribution < 1.29 is 9.29 Å². The molecule has 3 heteroatoms. The molecule has 0 saturated heterocycles. The van der Waals surface area contributed by atoms with Crippen LogP contribution in [0.15, 0.2) is 29.2 Å². The zero-order valence-corrected chi connectivity index (χ0v) is 7.76. The summed E-state index contributed by atoms with van der Waals surface area (Å²) in [5, 5.41) is 0. The zero-order chi connectivity index (χ0) is 8.97. The summed E-state index contributed by atoms with van der Waals surface area (Å²) in [5.74, 6) is 1.19. The molecule has 1 atom stereocenters. The predicted molar refractivity (Wildman–Crippen MR) is 49.6 cm³/mol. The van der Waals surface area contributed by atoms with E-state index in [9.17, 15) is 4.55 Å². The Balaban J connectivity index is 2.77. The van der Waals surface area contributed by atoms with Crippen molar-refractivity contribution in [3.05, 3.63) is 31.2 Å². The minimum Gasteiger partial charge on any atom is -0.611 e. The van der Waals surface area contributed by atoms with Crippen LogP contribution in [-0.4, -0.2) is 17.4 Å². The Hall–Kier alpha value is -0.670. The first-order chi connectivity index (χ1) is 5.77. The fourth-order valence-electron chi connectivity index (χ4n) is 0.845. The molecular weight excluding hydrogens is 172 g/mol.